The number of rotatable bonds is 6. The molecule has 1 aliphatic rings. The molecule has 0 aliphatic carbocycles. The molecule has 0 aromatic heterocycles. The Labute approximate surface area is 128 Å². The van der Waals surface area contributed by atoms with Crippen LogP contribution in [-0.2, 0) is 19.1 Å². The summed E-state index contributed by atoms with van der Waals surface area (Å²) in [5.41, 5.74) is -0.504. The van der Waals surface area contributed by atoms with Gasteiger partial charge in [-0.05, 0) is 53.5 Å². The number of carbonyl (C=O) groups excluding carboxylic acids is 2. The van der Waals surface area contributed by atoms with Crippen LogP contribution in [0.1, 0.15) is 60.3 Å². The average molecular weight is 299 g/mol. The van der Waals surface area contributed by atoms with Crippen molar-refractivity contribution in [3.63, 3.8) is 0 Å². The Bertz CT molecular complexity index is 362. The van der Waals surface area contributed by atoms with Gasteiger partial charge in [0.25, 0.3) is 0 Å². The second kappa shape index (κ2) is 7.78. The van der Waals surface area contributed by atoms with Gasteiger partial charge >= 0.3 is 11.9 Å². The first-order valence-corrected chi connectivity index (χ1v) is 7.95. The summed E-state index contributed by atoms with van der Waals surface area (Å²) in [5, 5.41) is 0. The molecule has 0 amide bonds. The molecule has 0 radical (unpaired) electrons. The number of hydrogen-bond donors (Lipinski definition) is 0. The van der Waals surface area contributed by atoms with Gasteiger partial charge in [-0.25, -0.2) is 0 Å². The van der Waals surface area contributed by atoms with Gasteiger partial charge in [0.1, 0.15) is 17.7 Å². The molecule has 0 N–H and O–H groups in total. The van der Waals surface area contributed by atoms with E-state index in [1.54, 1.807) is 6.92 Å². The molecule has 0 bridgehead atoms. The predicted molar refractivity (Wildman–Crippen MR) is 80.9 cm³/mol. The van der Waals surface area contributed by atoms with Crippen molar-refractivity contribution in [1.29, 1.82) is 0 Å². The summed E-state index contributed by atoms with van der Waals surface area (Å²) in [6, 6.07) is -0.667. The topological polar surface area (TPSA) is 55.8 Å². The fourth-order valence-electron chi connectivity index (χ4n) is 2.72. The van der Waals surface area contributed by atoms with Crippen LogP contribution in [0.3, 0.4) is 0 Å². The zero-order chi connectivity index (χ0) is 16.0. The van der Waals surface area contributed by atoms with Crippen molar-refractivity contribution in [1.82, 2.24) is 4.90 Å². The van der Waals surface area contributed by atoms with Gasteiger partial charge in [0, 0.05) is 0 Å². The summed E-state index contributed by atoms with van der Waals surface area (Å²) in [5.74, 6) is -0.458. The highest BCUT2D eigenvalue weighted by Crippen LogP contribution is 2.25. The standard InChI is InChI=1S/C16H29NO4/c1-6-9-12(14(18)20-7-2)17-11-8-10-13(17)15(19)21-16(3,4)5/h12-13H,6-11H2,1-5H3/t12?,13-/m1/s1. The van der Waals surface area contributed by atoms with Gasteiger partial charge in [-0.2, -0.15) is 0 Å². The van der Waals surface area contributed by atoms with E-state index in [-0.39, 0.29) is 24.0 Å². The van der Waals surface area contributed by atoms with Crippen molar-refractivity contribution in [2.75, 3.05) is 13.2 Å². The summed E-state index contributed by atoms with van der Waals surface area (Å²) in [7, 11) is 0. The fourth-order valence-corrected chi connectivity index (χ4v) is 2.72. The lowest BCUT2D eigenvalue weighted by molar-refractivity contribution is -0.163. The maximum Gasteiger partial charge on any atom is 0.323 e. The Balaban J connectivity index is 2.81. The van der Waals surface area contributed by atoms with Gasteiger partial charge in [0.15, 0.2) is 0 Å². The summed E-state index contributed by atoms with van der Waals surface area (Å²) >= 11 is 0. The predicted octanol–water partition coefficient (Wildman–Crippen LogP) is 2.52. The van der Waals surface area contributed by atoms with Gasteiger partial charge in [-0.1, -0.05) is 13.3 Å². The summed E-state index contributed by atoms with van der Waals surface area (Å²) in [6.07, 6.45) is 3.23. The third kappa shape index (κ3) is 5.30. The van der Waals surface area contributed by atoms with Crippen molar-refractivity contribution < 1.29 is 19.1 Å². The molecule has 0 spiro atoms. The van der Waals surface area contributed by atoms with Crippen LogP contribution in [0.15, 0.2) is 0 Å². The molecule has 0 saturated carbocycles. The molecule has 1 heterocycles. The van der Waals surface area contributed by atoms with E-state index in [1.807, 2.05) is 32.6 Å². The van der Waals surface area contributed by atoms with Crippen molar-refractivity contribution in [3.8, 4) is 0 Å². The zero-order valence-electron chi connectivity index (χ0n) is 14.0. The molecule has 1 rings (SSSR count). The SMILES string of the molecule is CCCC(C(=O)OCC)N1CCC[C@@H]1C(=O)OC(C)(C)C. The van der Waals surface area contributed by atoms with Crippen LogP contribution in [-0.4, -0.2) is 47.7 Å². The van der Waals surface area contributed by atoms with Crippen molar-refractivity contribution in [2.45, 2.75) is 78.0 Å². The summed E-state index contributed by atoms with van der Waals surface area (Å²) < 4.78 is 10.7. The second-order valence-electron chi connectivity index (χ2n) is 6.49. The molecular formula is C16H29NO4. The van der Waals surface area contributed by atoms with Crippen LogP contribution >= 0.6 is 0 Å². The van der Waals surface area contributed by atoms with Gasteiger partial charge in [0.05, 0.1) is 6.61 Å². The van der Waals surface area contributed by atoms with Gasteiger partial charge in [-0.3, -0.25) is 14.5 Å². The molecule has 1 unspecified atom stereocenters. The Morgan fingerprint density at radius 2 is 1.95 bits per heavy atom. The molecular weight excluding hydrogens is 270 g/mol. The lowest BCUT2D eigenvalue weighted by Crippen LogP contribution is -2.49. The average Bonchev–Trinajstić information content (AvgIpc) is 2.83. The van der Waals surface area contributed by atoms with E-state index < -0.39 is 5.60 Å². The first-order valence-electron chi connectivity index (χ1n) is 7.95. The summed E-state index contributed by atoms with van der Waals surface area (Å²) in [4.78, 5) is 26.5. The minimum absolute atomic E-state index is 0.227. The first kappa shape index (κ1) is 18.0. The minimum atomic E-state index is -0.504. The molecule has 5 nitrogen and oxygen atoms in total. The fraction of sp³-hybridized carbons (Fsp3) is 0.875. The van der Waals surface area contributed by atoms with Gasteiger partial charge < -0.3 is 9.47 Å². The molecule has 1 fully saturated rings. The van der Waals surface area contributed by atoms with E-state index in [0.29, 0.717) is 13.0 Å². The number of carbonyl (C=O) groups is 2. The van der Waals surface area contributed by atoms with Crippen molar-refractivity contribution in [2.24, 2.45) is 0 Å². The van der Waals surface area contributed by atoms with E-state index in [2.05, 4.69) is 0 Å². The third-order valence-corrected chi connectivity index (χ3v) is 3.49. The third-order valence-electron chi connectivity index (χ3n) is 3.49. The molecule has 5 heteroatoms. The Morgan fingerprint density at radius 3 is 2.48 bits per heavy atom. The number of likely N-dealkylation sites (tertiary alicyclic amines) is 1. The number of hydrogen-bond acceptors (Lipinski definition) is 5. The molecule has 21 heavy (non-hydrogen) atoms. The lowest BCUT2D eigenvalue weighted by atomic mass is 10.1. The van der Waals surface area contributed by atoms with E-state index in [0.717, 1.165) is 25.8 Å². The Morgan fingerprint density at radius 1 is 1.29 bits per heavy atom. The highest BCUT2D eigenvalue weighted by molar-refractivity contribution is 5.80. The van der Waals surface area contributed by atoms with E-state index >= 15 is 0 Å². The van der Waals surface area contributed by atoms with Crippen LogP contribution in [0, 0.1) is 0 Å². The highest BCUT2D eigenvalue weighted by Gasteiger charge is 2.40. The minimum Gasteiger partial charge on any atom is -0.465 e. The molecule has 1 saturated heterocycles. The largest absolute Gasteiger partial charge is 0.465 e. The first-order chi connectivity index (χ1) is 9.80. The van der Waals surface area contributed by atoms with Crippen LogP contribution in [0.25, 0.3) is 0 Å². The lowest BCUT2D eigenvalue weighted by Gasteiger charge is -2.32. The molecule has 2 atom stereocenters. The normalized spacial score (nSPS) is 21.1. The quantitative estimate of drug-likeness (QED) is 0.705. The highest BCUT2D eigenvalue weighted by atomic mass is 16.6. The van der Waals surface area contributed by atoms with Crippen LogP contribution in [0.2, 0.25) is 0 Å². The zero-order valence-corrected chi connectivity index (χ0v) is 14.0. The van der Waals surface area contributed by atoms with E-state index in [9.17, 15) is 9.59 Å². The Kier molecular flexibility index (Phi) is 6.65. The van der Waals surface area contributed by atoms with E-state index in [1.165, 1.54) is 0 Å². The molecule has 1 aliphatic heterocycles. The maximum absolute atomic E-state index is 12.3. The van der Waals surface area contributed by atoms with Gasteiger partial charge in [-0.15, -0.1) is 0 Å². The van der Waals surface area contributed by atoms with E-state index in [4.69, 9.17) is 9.47 Å². The Hall–Kier alpha value is -1.10. The number of ether oxygens (including phenoxy) is 2. The van der Waals surface area contributed by atoms with Crippen molar-refractivity contribution >= 4 is 11.9 Å². The molecule has 0 aromatic rings. The monoisotopic (exact) mass is 299 g/mol. The smallest absolute Gasteiger partial charge is 0.323 e. The molecule has 0 aromatic carbocycles. The van der Waals surface area contributed by atoms with Crippen LogP contribution < -0.4 is 0 Å². The van der Waals surface area contributed by atoms with Crippen LogP contribution in [0.4, 0.5) is 0 Å². The van der Waals surface area contributed by atoms with Gasteiger partial charge in [0.2, 0.25) is 0 Å². The van der Waals surface area contributed by atoms with Crippen molar-refractivity contribution in [3.05, 3.63) is 0 Å². The summed E-state index contributed by atoms with van der Waals surface area (Å²) in [6.45, 7) is 10.5. The molecule has 122 valence electrons. The van der Waals surface area contributed by atoms with Crippen LogP contribution in [0.5, 0.6) is 0 Å². The number of esters is 2. The number of nitrogens with zero attached hydrogens (tertiary/aromatic N) is 1. The second-order valence-corrected chi connectivity index (χ2v) is 6.49. The maximum atomic E-state index is 12.3.